The molecule has 0 rings (SSSR count). The fourth-order valence-electron chi connectivity index (χ4n) is 2.18. The molecule has 0 amide bonds. The summed E-state index contributed by atoms with van der Waals surface area (Å²) in [5.74, 6) is 0. The summed E-state index contributed by atoms with van der Waals surface area (Å²) in [5.41, 5.74) is 0. The summed E-state index contributed by atoms with van der Waals surface area (Å²) in [5, 5.41) is 10.9. The molecule has 0 radical (unpaired) electrons. The van der Waals surface area contributed by atoms with Crippen molar-refractivity contribution in [1.82, 2.24) is 0 Å². The summed E-state index contributed by atoms with van der Waals surface area (Å²) in [7, 11) is 0. The Labute approximate surface area is 112 Å². The first kappa shape index (κ1) is 17.1. The molecule has 3 heteroatoms. The highest BCUT2D eigenvalue weighted by molar-refractivity contribution is 4.66. The highest BCUT2D eigenvalue weighted by Crippen LogP contribution is 2.15. The van der Waals surface area contributed by atoms with Crippen LogP contribution in [0.15, 0.2) is 12.7 Å². The van der Waals surface area contributed by atoms with Crippen molar-refractivity contribution in [3.8, 4) is 0 Å². The third-order valence-electron chi connectivity index (χ3n) is 3.38. The lowest BCUT2D eigenvalue weighted by atomic mass is 10.0. The van der Waals surface area contributed by atoms with Crippen molar-refractivity contribution in [2.75, 3.05) is 0 Å². The lowest BCUT2D eigenvalue weighted by Gasteiger charge is -2.09. The van der Waals surface area contributed by atoms with Gasteiger partial charge in [0.1, 0.15) is 0 Å². The van der Waals surface area contributed by atoms with Crippen molar-refractivity contribution >= 4 is 0 Å². The Morgan fingerprint density at radius 2 is 1.61 bits per heavy atom. The van der Waals surface area contributed by atoms with E-state index >= 15 is 0 Å². The van der Waals surface area contributed by atoms with Crippen LogP contribution in [0.2, 0.25) is 0 Å². The van der Waals surface area contributed by atoms with E-state index in [9.17, 15) is 10.1 Å². The van der Waals surface area contributed by atoms with E-state index in [1.165, 1.54) is 19.3 Å². The second-order valence-electron chi connectivity index (χ2n) is 5.07. The molecule has 0 aromatic carbocycles. The van der Waals surface area contributed by atoms with Crippen molar-refractivity contribution in [2.45, 2.75) is 83.6 Å². The Bertz CT molecular complexity index is 217. The maximum absolute atomic E-state index is 10.9. The fourth-order valence-corrected chi connectivity index (χ4v) is 2.18. The molecule has 0 saturated heterocycles. The summed E-state index contributed by atoms with van der Waals surface area (Å²) in [4.78, 5) is 10.9. The summed E-state index contributed by atoms with van der Waals surface area (Å²) in [6.07, 6.45) is 13.5. The van der Waals surface area contributed by atoms with Gasteiger partial charge in [-0.3, -0.25) is 10.1 Å². The molecule has 0 aliphatic carbocycles. The van der Waals surface area contributed by atoms with Crippen molar-refractivity contribution in [2.24, 2.45) is 0 Å². The Morgan fingerprint density at radius 3 is 2.11 bits per heavy atom. The van der Waals surface area contributed by atoms with Gasteiger partial charge in [0.15, 0.2) is 0 Å². The van der Waals surface area contributed by atoms with Crippen LogP contribution in [-0.4, -0.2) is 11.0 Å². The van der Waals surface area contributed by atoms with E-state index in [2.05, 4.69) is 13.5 Å². The van der Waals surface area contributed by atoms with Crippen LogP contribution in [-0.2, 0) is 0 Å². The SMILES string of the molecule is C=CCCCCCC(CCCCCCC)[N+](=O)[O-]. The zero-order valence-corrected chi connectivity index (χ0v) is 11.9. The van der Waals surface area contributed by atoms with Crippen molar-refractivity contribution in [3.05, 3.63) is 22.8 Å². The van der Waals surface area contributed by atoms with Crippen LogP contribution in [0.4, 0.5) is 0 Å². The lowest BCUT2D eigenvalue weighted by molar-refractivity contribution is -0.524. The topological polar surface area (TPSA) is 43.1 Å². The third kappa shape index (κ3) is 10.3. The molecular formula is C15H29NO2. The van der Waals surface area contributed by atoms with Crippen LogP contribution >= 0.6 is 0 Å². The van der Waals surface area contributed by atoms with Crippen molar-refractivity contribution < 1.29 is 4.92 Å². The van der Waals surface area contributed by atoms with E-state index < -0.39 is 0 Å². The average molecular weight is 255 g/mol. The molecule has 18 heavy (non-hydrogen) atoms. The van der Waals surface area contributed by atoms with Crippen LogP contribution in [0.5, 0.6) is 0 Å². The second-order valence-corrected chi connectivity index (χ2v) is 5.07. The predicted molar refractivity (Wildman–Crippen MR) is 77.4 cm³/mol. The molecule has 0 fully saturated rings. The Kier molecular flexibility index (Phi) is 12.0. The van der Waals surface area contributed by atoms with E-state index in [4.69, 9.17) is 0 Å². The highest BCUT2D eigenvalue weighted by Gasteiger charge is 2.18. The van der Waals surface area contributed by atoms with Gasteiger partial charge in [0.05, 0.1) is 0 Å². The van der Waals surface area contributed by atoms with Gasteiger partial charge in [0.2, 0.25) is 6.04 Å². The molecule has 1 atom stereocenters. The molecule has 0 heterocycles. The van der Waals surface area contributed by atoms with Gasteiger partial charge in [0, 0.05) is 17.8 Å². The van der Waals surface area contributed by atoms with Gasteiger partial charge >= 0.3 is 0 Å². The third-order valence-corrected chi connectivity index (χ3v) is 3.38. The smallest absolute Gasteiger partial charge is 0.213 e. The lowest BCUT2D eigenvalue weighted by Crippen LogP contribution is -2.19. The monoisotopic (exact) mass is 255 g/mol. The molecule has 0 N–H and O–H groups in total. The van der Waals surface area contributed by atoms with E-state index in [1.807, 2.05) is 6.08 Å². The van der Waals surface area contributed by atoms with Crippen LogP contribution in [0.3, 0.4) is 0 Å². The van der Waals surface area contributed by atoms with Crippen LogP contribution < -0.4 is 0 Å². The normalized spacial score (nSPS) is 12.3. The van der Waals surface area contributed by atoms with E-state index in [0.717, 1.165) is 51.4 Å². The molecule has 106 valence electrons. The number of nitrogens with zero attached hydrogens (tertiary/aromatic N) is 1. The minimum absolute atomic E-state index is 0.0761. The Morgan fingerprint density at radius 1 is 1.06 bits per heavy atom. The first-order valence-electron chi connectivity index (χ1n) is 7.46. The fraction of sp³-hybridized carbons (Fsp3) is 0.867. The Hall–Kier alpha value is -0.860. The van der Waals surface area contributed by atoms with Gasteiger partial charge in [-0.15, -0.1) is 6.58 Å². The molecule has 1 unspecified atom stereocenters. The first-order valence-corrected chi connectivity index (χ1v) is 7.46. The minimum Gasteiger partial charge on any atom is -0.264 e. The average Bonchev–Trinajstić information content (AvgIpc) is 2.35. The molecule has 0 aliphatic heterocycles. The molecule has 0 aromatic heterocycles. The van der Waals surface area contributed by atoms with Crippen LogP contribution in [0.1, 0.15) is 77.6 Å². The van der Waals surface area contributed by atoms with Gasteiger partial charge in [-0.25, -0.2) is 0 Å². The summed E-state index contributed by atoms with van der Waals surface area (Å²) >= 11 is 0. The Balaban J connectivity index is 3.59. The molecule has 0 spiro atoms. The number of rotatable bonds is 13. The van der Waals surface area contributed by atoms with Crippen molar-refractivity contribution in [1.29, 1.82) is 0 Å². The molecule has 3 nitrogen and oxygen atoms in total. The maximum Gasteiger partial charge on any atom is 0.213 e. The van der Waals surface area contributed by atoms with Crippen LogP contribution in [0, 0.1) is 10.1 Å². The largest absolute Gasteiger partial charge is 0.264 e. The number of hydrogen-bond donors (Lipinski definition) is 0. The molecular weight excluding hydrogens is 226 g/mol. The van der Waals surface area contributed by atoms with Crippen LogP contribution in [0.25, 0.3) is 0 Å². The first-order chi connectivity index (χ1) is 8.72. The maximum atomic E-state index is 10.9. The highest BCUT2D eigenvalue weighted by atomic mass is 16.6. The predicted octanol–water partition coefficient (Wildman–Crippen LogP) is 5.13. The zero-order chi connectivity index (χ0) is 13.6. The number of allylic oxidation sites excluding steroid dienone is 1. The van der Waals surface area contributed by atoms with Gasteiger partial charge in [-0.05, 0) is 25.7 Å². The van der Waals surface area contributed by atoms with Gasteiger partial charge < -0.3 is 0 Å². The second kappa shape index (κ2) is 12.6. The van der Waals surface area contributed by atoms with Crippen molar-refractivity contribution in [3.63, 3.8) is 0 Å². The van der Waals surface area contributed by atoms with Gasteiger partial charge in [-0.2, -0.15) is 0 Å². The summed E-state index contributed by atoms with van der Waals surface area (Å²) < 4.78 is 0. The molecule has 0 bridgehead atoms. The molecule has 0 aliphatic rings. The van der Waals surface area contributed by atoms with E-state index in [1.54, 1.807) is 0 Å². The van der Waals surface area contributed by atoms with Gasteiger partial charge in [-0.1, -0.05) is 45.1 Å². The van der Waals surface area contributed by atoms with E-state index in [-0.39, 0.29) is 11.0 Å². The zero-order valence-electron chi connectivity index (χ0n) is 11.9. The standard InChI is InChI=1S/C15H29NO2/c1-3-5-7-9-11-13-15(16(17)18)14-12-10-8-6-4-2/h3,15H,1,4-14H2,2H3. The number of unbranched alkanes of at least 4 members (excludes halogenated alkanes) is 7. The quantitative estimate of drug-likeness (QED) is 0.198. The number of hydrogen-bond acceptors (Lipinski definition) is 2. The molecule has 0 saturated carbocycles. The summed E-state index contributed by atoms with van der Waals surface area (Å²) in [6, 6.07) is -0.310. The number of nitro groups is 1. The van der Waals surface area contributed by atoms with E-state index in [0.29, 0.717) is 0 Å². The summed E-state index contributed by atoms with van der Waals surface area (Å²) in [6.45, 7) is 5.86. The molecule has 0 aromatic rings. The minimum atomic E-state index is -0.310. The van der Waals surface area contributed by atoms with Gasteiger partial charge in [0.25, 0.3) is 0 Å².